The third kappa shape index (κ3) is 6.26. The van der Waals surface area contributed by atoms with Gasteiger partial charge in [-0.05, 0) is 73.6 Å². The topological polar surface area (TPSA) is 26.3 Å². The number of carbonyl (C=O) groups excluding carboxylic acids is 1. The second-order valence-electron chi connectivity index (χ2n) is 7.71. The second kappa shape index (κ2) is 9.80. The molecule has 1 aromatic rings. The first-order chi connectivity index (χ1) is 11.6. The zero-order valence-electron chi connectivity index (χ0n) is 15.0. The molecular formula is C21H31FO2. The molecule has 0 atom stereocenters. The zero-order chi connectivity index (χ0) is 17.4. The number of halogens is 1. The van der Waals surface area contributed by atoms with Crippen LogP contribution in [0.3, 0.4) is 0 Å². The van der Waals surface area contributed by atoms with Crippen molar-refractivity contribution in [2.45, 2.75) is 65.2 Å². The van der Waals surface area contributed by atoms with Gasteiger partial charge in [0.15, 0.2) is 0 Å². The van der Waals surface area contributed by atoms with Crippen LogP contribution in [0.5, 0.6) is 5.75 Å². The molecule has 0 amide bonds. The SMILES string of the molecule is CC1CCC(C2CCC(C)CC2)CC1.O=COc1ccc(F)cc1. The summed E-state index contributed by atoms with van der Waals surface area (Å²) in [4.78, 5) is 9.74. The number of rotatable bonds is 3. The van der Waals surface area contributed by atoms with Crippen molar-refractivity contribution in [3.63, 3.8) is 0 Å². The van der Waals surface area contributed by atoms with Gasteiger partial charge in [0, 0.05) is 0 Å². The summed E-state index contributed by atoms with van der Waals surface area (Å²) in [6, 6.07) is 5.20. The molecule has 0 bridgehead atoms. The fraction of sp³-hybridized carbons (Fsp3) is 0.667. The molecule has 0 unspecified atom stereocenters. The average Bonchev–Trinajstić information content (AvgIpc) is 2.59. The van der Waals surface area contributed by atoms with Crippen molar-refractivity contribution in [2.24, 2.45) is 23.7 Å². The smallest absolute Gasteiger partial charge is 0.298 e. The first-order valence-corrected chi connectivity index (χ1v) is 9.44. The van der Waals surface area contributed by atoms with Crippen LogP contribution in [0.1, 0.15) is 65.2 Å². The third-order valence-corrected chi connectivity index (χ3v) is 5.79. The van der Waals surface area contributed by atoms with Crippen LogP contribution in [0, 0.1) is 29.5 Å². The van der Waals surface area contributed by atoms with E-state index in [0.29, 0.717) is 12.2 Å². The van der Waals surface area contributed by atoms with E-state index in [1.165, 1.54) is 49.9 Å². The maximum atomic E-state index is 12.2. The van der Waals surface area contributed by atoms with Crippen molar-refractivity contribution in [2.75, 3.05) is 0 Å². The van der Waals surface area contributed by atoms with Crippen molar-refractivity contribution in [1.82, 2.24) is 0 Å². The molecular weight excluding hydrogens is 303 g/mol. The Bertz CT molecular complexity index is 449. The van der Waals surface area contributed by atoms with Gasteiger partial charge in [0.05, 0.1) is 0 Å². The highest BCUT2D eigenvalue weighted by atomic mass is 19.1. The van der Waals surface area contributed by atoms with E-state index in [2.05, 4.69) is 18.6 Å². The molecule has 3 rings (SSSR count). The Kier molecular flexibility index (Phi) is 7.74. The number of carbonyl (C=O) groups is 1. The molecule has 3 heteroatoms. The van der Waals surface area contributed by atoms with Crippen LogP contribution in [0.4, 0.5) is 4.39 Å². The molecule has 2 aliphatic carbocycles. The Morgan fingerprint density at radius 3 is 1.62 bits per heavy atom. The van der Waals surface area contributed by atoms with Gasteiger partial charge in [0.1, 0.15) is 11.6 Å². The largest absolute Gasteiger partial charge is 0.429 e. The maximum absolute atomic E-state index is 12.2. The Hall–Kier alpha value is -1.38. The minimum atomic E-state index is -0.349. The van der Waals surface area contributed by atoms with Gasteiger partial charge in [-0.2, -0.15) is 0 Å². The zero-order valence-corrected chi connectivity index (χ0v) is 15.0. The van der Waals surface area contributed by atoms with Crippen molar-refractivity contribution < 1.29 is 13.9 Å². The summed E-state index contributed by atoms with van der Waals surface area (Å²) in [5.41, 5.74) is 0. The molecule has 0 aliphatic heterocycles. The fourth-order valence-corrected chi connectivity index (χ4v) is 4.08. The second-order valence-corrected chi connectivity index (χ2v) is 7.71. The van der Waals surface area contributed by atoms with Gasteiger partial charge >= 0.3 is 0 Å². The predicted molar refractivity (Wildman–Crippen MR) is 95.3 cm³/mol. The van der Waals surface area contributed by atoms with Crippen LogP contribution >= 0.6 is 0 Å². The van der Waals surface area contributed by atoms with E-state index in [4.69, 9.17) is 0 Å². The molecule has 2 aliphatic rings. The van der Waals surface area contributed by atoms with Crippen LogP contribution < -0.4 is 4.74 Å². The Morgan fingerprint density at radius 2 is 1.25 bits per heavy atom. The van der Waals surface area contributed by atoms with Gasteiger partial charge < -0.3 is 4.74 Å². The average molecular weight is 334 g/mol. The van der Waals surface area contributed by atoms with E-state index in [1.807, 2.05) is 0 Å². The van der Waals surface area contributed by atoms with Crippen molar-refractivity contribution >= 4 is 6.47 Å². The van der Waals surface area contributed by atoms with Crippen LogP contribution in [0.25, 0.3) is 0 Å². The van der Waals surface area contributed by atoms with Crippen LogP contribution in [0.15, 0.2) is 24.3 Å². The highest BCUT2D eigenvalue weighted by molar-refractivity contribution is 5.44. The Labute approximate surface area is 145 Å². The minimum Gasteiger partial charge on any atom is -0.429 e. The monoisotopic (exact) mass is 334 g/mol. The molecule has 0 heterocycles. The van der Waals surface area contributed by atoms with Gasteiger partial charge in [-0.15, -0.1) is 0 Å². The van der Waals surface area contributed by atoms with E-state index in [1.54, 1.807) is 25.7 Å². The first kappa shape index (κ1) is 19.0. The van der Waals surface area contributed by atoms with Gasteiger partial charge in [-0.3, -0.25) is 4.79 Å². The third-order valence-electron chi connectivity index (χ3n) is 5.79. The minimum absolute atomic E-state index is 0.299. The highest BCUT2D eigenvalue weighted by Crippen LogP contribution is 2.40. The lowest BCUT2D eigenvalue weighted by atomic mass is 9.70. The summed E-state index contributed by atoms with van der Waals surface area (Å²) in [6.45, 7) is 5.16. The van der Waals surface area contributed by atoms with E-state index < -0.39 is 0 Å². The Morgan fingerprint density at radius 1 is 0.833 bits per heavy atom. The van der Waals surface area contributed by atoms with Crippen molar-refractivity contribution in [3.8, 4) is 5.75 Å². The molecule has 0 aromatic heterocycles. The molecule has 0 N–H and O–H groups in total. The lowest BCUT2D eigenvalue weighted by Crippen LogP contribution is -2.24. The van der Waals surface area contributed by atoms with E-state index in [0.717, 1.165) is 23.7 Å². The van der Waals surface area contributed by atoms with Crippen LogP contribution in [-0.4, -0.2) is 6.47 Å². The molecule has 24 heavy (non-hydrogen) atoms. The van der Waals surface area contributed by atoms with Crippen LogP contribution in [-0.2, 0) is 4.79 Å². The quantitative estimate of drug-likeness (QED) is 0.634. The van der Waals surface area contributed by atoms with Gasteiger partial charge in [0.2, 0.25) is 0 Å². The molecule has 134 valence electrons. The summed E-state index contributed by atoms with van der Waals surface area (Å²) in [6.07, 6.45) is 12.2. The van der Waals surface area contributed by atoms with Crippen molar-refractivity contribution in [3.05, 3.63) is 30.1 Å². The first-order valence-electron chi connectivity index (χ1n) is 9.44. The molecule has 1 aromatic carbocycles. The highest BCUT2D eigenvalue weighted by Gasteiger charge is 2.28. The van der Waals surface area contributed by atoms with E-state index >= 15 is 0 Å². The number of hydrogen-bond donors (Lipinski definition) is 0. The summed E-state index contributed by atoms with van der Waals surface area (Å²) < 4.78 is 16.6. The maximum Gasteiger partial charge on any atom is 0.298 e. The number of hydrogen-bond acceptors (Lipinski definition) is 2. The summed E-state index contributed by atoms with van der Waals surface area (Å²) in [5, 5.41) is 0. The normalized spacial score (nSPS) is 30.0. The standard InChI is InChI=1S/C14H26.C7H5FO2/c1-11-3-7-13(8-4-11)14-9-5-12(2)6-10-14;8-6-1-3-7(4-2-6)10-5-9/h11-14H,3-10H2,1-2H3;1-5H. The predicted octanol–water partition coefficient (Wildman–Crippen LogP) is 6.00. The number of ether oxygens (including phenoxy) is 1. The lowest BCUT2D eigenvalue weighted by molar-refractivity contribution is -0.120. The van der Waals surface area contributed by atoms with Gasteiger partial charge in [-0.1, -0.05) is 39.5 Å². The summed E-state index contributed by atoms with van der Waals surface area (Å²) in [5.74, 6) is 4.26. The molecule has 0 radical (unpaired) electrons. The molecule has 2 fully saturated rings. The summed E-state index contributed by atoms with van der Waals surface area (Å²) >= 11 is 0. The lowest BCUT2D eigenvalue weighted by Gasteiger charge is -2.36. The molecule has 0 spiro atoms. The molecule has 2 saturated carbocycles. The van der Waals surface area contributed by atoms with Gasteiger partial charge in [0.25, 0.3) is 6.47 Å². The van der Waals surface area contributed by atoms with E-state index in [9.17, 15) is 9.18 Å². The van der Waals surface area contributed by atoms with Crippen molar-refractivity contribution in [1.29, 1.82) is 0 Å². The van der Waals surface area contributed by atoms with Gasteiger partial charge in [-0.25, -0.2) is 4.39 Å². The van der Waals surface area contributed by atoms with Crippen LogP contribution in [0.2, 0.25) is 0 Å². The fourth-order valence-electron chi connectivity index (χ4n) is 4.08. The number of benzene rings is 1. The Balaban J connectivity index is 0.000000185. The summed E-state index contributed by atoms with van der Waals surface area (Å²) in [7, 11) is 0. The van der Waals surface area contributed by atoms with E-state index in [-0.39, 0.29) is 5.82 Å². The molecule has 2 nitrogen and oxygen atoms in total. The molecule has 0 saturated heterocycles.